The van der Waals surface area contributed by atoms with E-state index in [-0.39, 0.29) is 0 Å². The fraction of sp³-hybridized carbons (Fsp3) is 0.647. The number of benzene rings is 1. The van der Waals surface area contributed by atoms with Crippen LogP contribution >= 0.6 is 0 Å². The van der Waals surface area contributed by atoms with Crippen molar-refractivity contribution < 1.29 is 4.74 Å². The van der Waals surface area contributed by atoms with Crippen molar-refractivity contribution in [2.45, 2.75) is 53.6 Å². The fourth-order valence-electron chi connectivity index (χ4n) is 2.85. The standard InChI is InChI=1S/C17H27NO/c1-6-11-19-14-9-7-13(8-10-14)12-18-15-16(2,3)17(15,4)5/h7-10,15,18H,6,11-12H2,1-5H3. The molecule has 2 heteroatoms. The van der Waals surface area contributed by atoms with Crippen molar-refractivity contribution in [3.63, 3.8) is 0 Å². The molecule has 1 saturated carbocycles. The average molecular weight is 261 g/mol. The lowest BCUT2D eigenvalue weighted by molar-refractivity contribution is 0.317. The Morgan fingerprint density at radius 3 is 2.11 bits per heavy atom. The Labute approximate surface area is 117 Å². The molecule has 1 aromatic carbocycles. The van der Waals surface area contributed by atoms with Crippen LogP contribution in [0.5, 0.6) is 5.75 Å². The molecule has 0 radical (unpaired) electrons. The molecule has 1 aromatic rings. The molecule has 0 spiro atoms. The summed E-state index contributed by atoms with van der Waals surface area (Å²) in [5.74, 6) is 0.970. The fourth-order valence-corrected chi connectivity index (χ4v) is 2.85. The minimum absolute atomic E-state index is 0.400. The zero-order valence-electron chi connectivity index (χ0n) is 12.9. The molecule has 0 atom stereocenters. The Bertz CT molecular complexity index is 405. The SMILES string of the molecule is CCCOc1ccc(CNC2C(C)(C)C2(C)C)cc1. The third kappa shape index (κ3) is 2.79. The van der Waals surface area contributed by atoms with Crippen molar-refractivity contribution in [2.75, 3.05) is 6.61 Å². The second-order valence-electron chi connectivity index (χ2n) is 6.75. The normalized spacial score (nSPS) is 20.3. The van der Waals surface area contributed by atoms with Crippen LogP contribution < -0.4 is 10.1 Å². The van der Waals surface area contributed by atoms with E-state index in [2.05, 4.69) is 64.2 Å². The summed E-state index contributed by atoms with van der Waals surface area (Å²) in [4.78, 5) is 0. The van der Waals surface area contributed by atoms with Crippen molar-refractivity contribution in [3.8, 4) is 5.75 Å². The first-order chi connectivity index (χ1) is 8.89. The van der Waals surface area contributed by atoms with Gasteiger partial charge in [0.05, 0.1) is 6.61 Å². The molecule has 106 valence electrons. The van der Waals surface area contributed by atoms with Crippen LogP contribution in [0.2, 0.25) is 0 Å². The summed E-state index contributed by atoms with van der Waals surface area (Å²) in [5.41, 5.74) is 2.12. The van der Waals surface area contributed by atoms with Gasteiger partial charge in [-0.2, -0.15) is 0 Å². The van der Waals surface area contributed by atoms with Gasteiger partial charge in [-0.25, -0.2) is 0 Å². The highest BCUT2D eigenvalue weighted by Gasteiger charge is 2.64. The van der Waals surface area contributed by atoms with Gasteiger partial charge in [0.2, 0.25) is 0 Å². The smallest absolute Gasteiger partial charge is 0.119 e. The van der Waals surface area contributed by atoms with Crippen molar-refractivity contribution in [3.05, 3.63) is 29.8 Å². The first-order valence-corrected chi connectivity index (χ1v) is 7.34. The predicted molar refractivity (Wildman–Crippen MR) is 80.4 cm³/mol. The topological polar surface area (TPSA) is 21.3 Å². The highest BCUT2D eigenvalue weighted by molar-refractivity contribution is 5.28. The van der Waals surface area contributed by atoms with Gasteiger partial charge >= 0.3 is 0 Å². The van der Waals surface area contributed by atoms with E-state index in [1.54, 1.807) is 0 Å². The lowest BCUT2D eigenvalue weighted by atomic mass is 10.0. The summed E-state index contributed by atoms with van der Waals surface area (Å²) in [7, 11) is 0. The van der Waals surface area contributed by atoms with Crippen LogP contribution in [0, 0.1) is 10.8 Å². The maximum atomic E-state index is 5.59. The molecule has 0 saturated heterocycles. The van der Waals surface area contributed by atoms with Gasteiger partial charge in [0.25, 0.3) is 0 Å². The van der Waals surface area contributed by atoms with Gasteiger partial charge < -0.3 is 10.1 Å². The molecule has 1 N–H and O–H groups in total. The summed E-state index contributed by atoms with van der Waals surface area (Å²) in [6, 6.07) is 9.04. The Morgan fingerprint density at radius 2 is 1.63 bits per heavy atom. The van der Waals surface area contributed by atoms with Crippen LogP contribution in [0.15, 0.2) is 24.3 Å². The zero-order chi connectivity index (χ0) is 14.1. The van der Waals surface area contributed by atoms with Gasteiger partial charge in [0, 0.05) is 12.6 Å². The van der Waals surface area contributed by atoms with Crippen molar-refractivity contribution in [1.29, 1.82) is 0 Å². The van der Waals surface area contributed by atoms with E-state index in [4.69, 9.17) is 4.74 Å². The minimum Gasteiger partial charge on any atom is -0.494 e. The first-order valence-electron chi connectivity index (χ1n) is 7.34. The summed E-state index contributed by atoms with van der Waals surface area (Å²) < 4.78 is 5.59. The van der Waals surface area contributed by atoms with E-state index in [9.17, 15) is 0 Å². The number of nitrogens with one attached hydrogen (secondary N) is 1. The van der Waals surface area contributed by atoms with Gasteiger partial charge in [-0.3, -0.25) is 0 Å². The summed E-state index contributed by atoms with van der Waals surface area (Å²) in [5, 5.41) is 3.68. The Kier molecular flexibility index (Phi) is 3.91. The Balaban J connectivity index is 1.84. The number of rotatable bonds is 6. The number of hydrogen-bond donors (Lipinski definition) is 1. The monoisotopic (exact) mass is 261 g/mol. The van der Waals surface area contributed by atoms with Crippen molar-refractivity contribution in [1.82, 2.24) is 5.32 Å². The molecule has 1 aliphatic carbocycles. The van der Waals surface area contributed by atoms with Gasteiger partial charge in [-0.05, 0) is 34.9 Å². The lowest BCUT2D eigenvalue weighted by Crippen LogP contribution is -2.21. The van der Waals surface area contributed by atoms with E-state index < -0.39 is 0 Å². The summed E-state index contributed by atoms with van der Waals surface area (Å²) in [6.45, 7) is 13.2. The zero-order valence-corrected chi connectivity index (χ0v) is 12.9. The molecule has 0 heterocycles. The third-order valence-corrected chi connectivity index (χ3v) is 4.93. The second-order valence-corrected chi connectivity index (χ2v) is 6.75. The van der Waals surface area contributed by atoms with Crippen LogP contribution in [0.25, 0.3) is 0 Å². The Hall–Kier alpha value is -1.02. The van der Waals surface area contributed by atoms with E-state index >= 15 is 0 Å². The quantitative estimate of drug-likeness (QED) is 0.835. The summed E-state index contributed by atoms with van der Waals surface area (Å²) >= 11 is 0. The maximum Gasteiger partial charge on any atom is 0.119 e. The van der Waals surface area contributed by atoms with Gasteiger partial charge in [-0.15, -0.1) is 0 Å². The lowest BCUT2D eigenvalue weighted by Gasteiger charge is -2.08. The van der Waals surface area contributed by atoms with Crippen LogP contribution in [0.4, 0.5) is 0 Å². The minimum atomic E-state index is 0.400. The number of hydrogen-bond acceptors (Lipinski definition) is 2. The average Bonchev–Trinajstić information content (AvgIpc) is 2.76. The second kappa shape index (κ2) is 5.16. The molecule has 19 heavy (non-hydrogen) atoms. The Morgan fingerprint density at radius 1 is 1.05 bits per heavy atom. The van der Waals surface area contributed by atoms with E-state index in [1.807, 2.05) is 0 Å². The highest BCUT2D eigenvalue weighted by atomic mass is 16.5. The van der Waals surface area contributed by atoms with Gasteiger partial charge in [-0.1, -0.05) is 46.8 Å². The van der Waals surface area contributed by atoms with Crippen LogP contribution in [0.1, 0.15) is 46.6 Å². The van der Waals surface area contributed by atoms with E-state index in [0.29, 0.717) is 16.9 Å². The summed E-state index contributed by atoms with van der Waals surface area (Å²) in [6.07, 6.45) is 1.05. The first kappa shape index (κ1) is 14.4. The molecular formula is C17H27NO. The highest BCUT2D eigenvalue weighted by Crippen LogP contribution is 2.62. The van der Waals surface area contributed by atoms with Crippen molar-refractivity contribution >= 4 is 0 Å². The van der Waals surface area contributed by atoms with Gasteiger partial charge in [0.15, 0.2) is 0 Å². The molecule has 0 aromatic heterocycles. The van der Waals surface area contributed by atoms with E-state index in [1.165, 1.54) is 5.56 Å². The van der Waals surface area contributed by atoms with Crippen LogP contribution in [-0.2, 0) is 6.54 Å². The maximum absolute atomic E-state index is 5.59. The van der Waals surface area contributed by atoms with Crippen LogP contribution in [-0.4, -0.2) is 12.6 Å². The predicted octanol–water partition coefficient (Wildman–Crippen LogP) is 4.00. The molecule has 0 bridgehead atoms. The molecule has 0 amide bonds. The van der Waals surface area contributed by atoms with E-state index in [0.717, 1.165) is 25.3 Å². The molecule has 0 aliphatic heterocycles. The molecular weight excluding hydrogens is 234 g/mol. The van der Waals surface area contributed by atoms with Crippen LogP contribution in [0.3, 0.4) is 0 Å². The molecule has 1 aliphatic rings. The molecule has 2 rings (SSSR count). The van der Waals surface area contributed by atoms with Crippen molar-refractivity contribution in [2.24, 2.45) is 10.8 Å². The molecule has 2 nitrogen and oxygen atoms in total. The van der Waals surface area contributed by atoms with Gasteiger partial charge in [0.1, 0.15) is 5.75 Å². The molecule has 1 fully saturated rings. The molecule has 0 unspecified atom stereocenters. The third-order valence-electron chi connectivity index (χ3n) is 4.93. The number of ether oxygens (including phenoxy) is 1. The largest absolute Gasteiger partial charge is 0.494 e.